The molecular formula is C14H16N2O8. The van der Waals surface area contributed by atoms with Crippen molar-refractivity contribution < 1.29 is 38.4 Å². The van der Waals surface area contributed by atoms with Crippen molar-refractivity contribution in [1.82, 2.24) is 10.1 Å². The Morgan fingerprint density at radius 3 is 1.75 bits per heavy atom. The zero-order valence-electron chi connectivity index (χ0n) is 13.0. The first-order valence-corrected chi connectivity index (χ1v) is 7.43. The Morgan fingerprint density at radius 2 is 1.29 bits per heavy atom. The maximum atomic E-state index is 11.8. The molecule has 2 fully saturated rings. The minimum atomic E-state index is -0.841. The lowest BCUT2D eigenvalue weighted by molar-refractivity contribution is -0.201. The van der Waals surface area contributed by atoms with Gasteiger partial charge in [-0.15, -0.1) is 10.1 Å². The summed E-state index contributed by atoms with van der Waals surface area (Å²) in [5.74, 6) is -4.83. The largest absolute Gasteiger partial charge is 0.335 e. The lowest BCUT2D eigenvalue weighted by Crippen LogP contribution is -2.34. The molecule has 0 unspecified atom stereocenters. The molecule has 0 saturated carbocycles. The number of hydrogen-bond acceptors (Lipinski definition) is 8. The Labute approximate surface area is 136 Å². The highest BCUT2D eigenvalue weighted by Crippen LogP contribution is 2.17. The van der Waals surface area contributed by atoms with E-state index in [9.17, 15) is 28.8 Å². The Morgan fingerprint density at radius 1 is 0.875 bits per heavy atom. The number of imide groups is 2. The van der Waals surface area contributed by atoms with E-state index in [-0.39, 0.29) is 38.5 Å². The molecule has 130 valence electrons. The van der Waals surface area contributed by atoms with E-state index in [1.54, 1.807) is 0 Å². The molecule has 2 saturated heterocycles. The molecule has 0 aromatic carbocycles. The van der Waals surface area contributed by atoms with E-state index in [2.05, 4.69) is 4.84 Å². The van der Waals surface area contributed by atoms with Crippen LogP contribution >= 0.6 is 0 Å². The Kier molecular flexibility index (Phi) is 5.27. The predicted octanol–water partition coefficient (Wildman–Crippen LogP) is -0.383. The van der Waals surface area contributed by atoms with E-state index >= 15 is 0 Å². The van der Waals surface area contributed by atoms with Crippen molar-refractivity contribution in [3.05, 3.63) is 0 Å². The van der Waals surface area contributed by atoms with Crippen molar-refractivity contribution in [2.45, 2.75) is 45.4 Å². The molecule has 0 bridgehead atoms. The van der Waals surface area contributed by atoms with Gasteiger partial charge >= 0.3 is 11.9 Å². The van der Waals surface area contributed by atoms with E-state index in [4.69, 9.17) is 4.84 Å². The van der Waals surface area contributed by atoms with Crippen molar-refractivity contribution in [3.8, 4) is 0 Å². The van der Waals surface area contributed by atoms with Gasteiger partial charge in [-0.3, -0.25) is 19.2 Å². The number of carbonyl (C=O) groups excluding carboxylic acids is 6. The summed E-state index contributed by atoms with van der Waals surface area (Å²) in [6.07, 6.45) is -0.270. The van der Waals surface area contributed by atoms with Crippen LogP contribution in [0, 0.1) is 5.92 Å². The summed E-state index contributed by atoms with van der Waals surface area (Å²) in [6.45, 7) is 1.45. The highest BCUT2D eigenvalue weighted by molar-refractivity contribution is 6.02. The van der Waals surface area contributed by atoms with Crippen molar-refractivity contribution in [2.75, 3.05) is 0 Å². The van der Waals surface area contributed by atoms with Gasteiger partial charge in [-0.1, -0.05) is 6.92 Å². The van der Waals surface area contributed by atoms with Gasteiger partial charge in [0.1, 0.15) is 0 Å². The Balaban J connectivity index is 1.76. The number of carbonyl (C=O) groups is 6. The van der Waals surface area contributed by atoms with Crippen LogP contribution in [0.5, 0.6) is 0 Å². The maximum Gasteiger partial charge on any atom is 0.335 e. The van der Waals surface area contributed by atoms with Gasteiger partial charge in [0, 0.05) is 32.1 Å². The summed E-state index contributed by atoms with van der Waals surface area (Å²) in [5, 5.41) is 0.853. The number of hydroxylamine groups is 4. The molecule has 10 nitrogen and oxygen atoms in total. The summed E-state index contributed by atoms with van der Waals surface area (Å²) in [6, 6.07) is 0. The topological polar surface area (TPSA) is 127 Å². The van der Waals surface area contributed by atoms with Gasteiger partial charge in [0.05, 0.1) is 5.92 Å². The number of nitrogens with zero attached hydrogens (tertiary/aromatic N) is 2. The normalized spacial score (nSPS) is 19.0. The molecule has 0 radical (unpaired) electrons. The van der Waals surface area contributed by atoms with Crippen LogP contribution in [0.1, 0.15) is 45.4 Å². The molecule has 2 aliphatic heterocycles. The highest BCUT2D eigenvalue weighted by Gasteiger charge is 2.35. The minimum Gasteiger partial charge on any atom is -0.330 e. The van der Waals surface area contributed by atoms with Crippen LogP contribution in [0.4, 0.5) is 0 Å². The first-order valence-electron chi connectivity index (χ1n) is 7.43. The predicted molar refractivity (Wildman–Crippen MR) is 72.8 cm³/mol. The fourth-order valence-electron chi connectivity index (χ4n) is 2.10. The summed E-state index contributed by atoms with van der Waals surface area (Å²) in [4.78, 5) is 78.1. The monoisotopic (exact) mass is 340 g/mol. The molecule has 0 aliphatic carbocycles. The number of hydrogen-bond donors (Lipinski definition) is 0. The first kappa shape index (κ1) is 17.6. The van der Waals surface area contributed by atoms with Crippen molar-refractivity contribution in [2.24, 2.45) is 5.92 Å². The van der Waals surface area contributed by atoms with Gasteiger partial charge < -0.3 is 9.68 Å². The van der Waals surface area contributed by atoms with Crippen molar-refractivity contribution >= 4 is 35.6 Å². The average Bonchev–Trinajstić information content (AvgIpc) is 3.02. The Bertz CT molecular complexity index is 582. The first-order chi connectivity index (χ1) is 11.3. The lowest BCUT2D eigenvalue weighted by atomic mass is 10.1. The van der Waals surface area contributed by atoms with Crippen LogP contribution in [0.3, 0.4) is 0 Å². The van der Waals surface area contributed by atoms with Gasteiger partial charge in [-0.2, -0.15) is 0 Å². The summed E-state index contributed by atoms with van der Waals surface area (Å²) < 4.78 is 0. The van der Waals surface area contributed by atoms with Crippen LogP contribution < -0.4 is 0 Å². The molecular weight excluding hydrogens is 324 g/mol. The molecule has 2 aliphatic rings. The maximum absolute atomic E-state index is 11.8. The quantitative estimate of drug-likeness (QED) is 0.599. The van der Waals surface area contributed by atoms with Gasteiger partial charge in [-0.05, 0) is 6.42 Å². The summed E-state index contributed by atoms with van der Waals surface area (Å²) in [5.41, 5.74) is 0. The fraction of sp³-hybridized carbons (Fsp3) is 0.571. The molecule has 2 heterocycles. The molecule has 4 amide bonds. The molecule has 24 heavy (non-hydrogen) atoms. The second-order valence-electron chi connectivity index (χ2n) is 5.48. The van der Waals surface area contributed by atoms with Gasteiger partial charge in [-0.25, -0.2) is 9.59 Å². The van der Waals surface area contributed by atoms with E-state index in [0.717, 1.165) is 0 Å². The van der Waals surface area contributed by atoms with E-state index in [1.165, 1.54) is 6.92 Å². The standard InChI is InChI=1S/C14H16N2O8/c1-8(14(22)24-16-11(19)5-6-12(16)20)2-7-13(21)23-15-9(17)3-4-10(15)18/h8H,2-7H2,1H3/t8-/m1/s1. The summed E-state index contributed by atoms with van der Waals surface area (Å²) >= 11 is 0. The van der Waals surface area contributed by atoms with Crippen LogP contribution in [0.2, 0.25) is 0 Å². The summed E-state index contributed by atoms with van der Waals surface area (Å²) in [7, 11) is 0. The molecule has 0 aromatic rings. The lowest BCUT2D eigenvalue weighted by Gasteiger charge is -2.16. The van der Waals surface area contributed by atoms with Gasteiger partial charge in [0.2, 0.25) is 0 Å². The fourth-order valence-corrected chi connectivity index (χ4v) is 2.10. The minimum absolute atomic E-state index is 0.00408. The number of rotatable bonds is 6. The third-order valence-corrected chi connectivity index (χ3v) is 3.57. The van der Waals surface area contributed by atoms with Crippen LogP contribution in [0.25, 0.3) is 0 Å². The second-order valence-corrected chi connectivity index (χ2v) is 5.48. The third kappa shape index (κ3) is 3.94. The van der Waals surface area contributed by atoms with Gasteiger partial charge in [0.25, 0.3) is 23.6 Å². The van der Waals surface area contributed by atoms with Crippen molar-refractivity contribution in [1.29, 1.82) is 0 Å². The van der Waals surface area contributed by atoms with Crippen LogP contribution in [0.15, 0.2) is 0 Å². The SMILES string of the molecule is C[C@H](CCC(=O)ON1C(=O)CCC1=O)C(=O)ON1C(=O)CCC1=O. The average molecular weight is 340 g/mol. The third-order valence-electron chi connectivity index (χ3n) is 3.57. The molecule has 2 rings (SSSR count). The van der Waals surface area contributed by atoms with E-state index < -0.39 is 41.5 Å². The zero-order valence-corrected chi connectivity index (χ0v) is 13.0. The molecule has 1 atom stereocenters. The molecule has 0 spiro atoms. The van der Waals surface area contributed by atoms with E-state index in [1.807, 2.05) is 0 Å². The highest BCUT2D eigenvalue weighted by atomic mass is 16.7. The van der Waals surface area contributed by atoms with Gasteiger partial charge in [0.15, 0.2) is 0 Å². The second kappa shape index (κ2) is 7.20. The smallest absolute Gasteiger partial charge is 0.330 e. The number of amides is 4. The molecule has 0 N–H and O–H groups in total. The molecule has 0 aromatic heterocycles. The van der Waals surface area contributed by atoms with E-state index in [0.29, 0.717) is 10.1 Å². The zero-order chi connectivity index (χ0) is 17.9. The van der Waals surface area contributed by atoms with Crippen LogP contribution in [-0.2, 0) is 38.4 Å². The Hall–Kier alpha value is -2.78. The molecule has 10 heteroatoms. The van der Waals surface area contributed by atoms with Crippen LogP contribution in [-0.4, -0.2) is 45.7 Å². The van der Waals surface area contributed by atoms with Crippen molar-refractivity contribution in [3.63, 3.8) is 0 Å².